The molecule has 5 heteroatoms. The van der Waals surface area contributed by atoms with E-state index in [1.165, 1.54) is 0 Å². The van der Waals surface area contributed by atoms with E-state index in [0.29, 0.717) is 24.5 Å². The van der Waals surface area contributed by atoms with Crippen molar-refractivity contribution in [3.63, 3.8) is 0 Å². The lowest BCUT2D eigenvalue weighted by atomic mass is 10.1. The summed E-state index contributed by atoms with van der Waals surface area (Å²) in [4.78, 5) is 20.2. The number of unbranched alkanes of at least 4 members (excludes halogenated alkanes) is 2. The summed E-state index contributed by atoms with van der Waals surface area (Å²) in [6, 6.07) is 9.90. The van der Waals surface area contributed by atoms with Crippen LogP contribution in [0, 0.1) is 6.92 Å². The van der Waals surface area contributed by atoms with Crippen LogP contribution in [0.15, 0.2) is 40.9 Å². The van der Waals surface area contributed by atoms with Crippen LogP contribution in [0.1, 0.15) is 63.1 Å². The Kier molecular flexibility index (Phi) is 6.35. The SMILES string of the molecule is CCC(=O)CCCCC[C@H](N)c1ncc(-c2ccc3nc(C)ccc3c2)o1. The lowest BCUT2D eigenvalue weighted by Gasteiger charge is -2.07. The number of aryl methyl sites for hydroxylation is 1. The molecule has 0 aliphatic carbocycles. The van der Waals surface area contributed by atoms with Crippen LogP contribution in [0.4, 0.5) is 0 Å². The minimum Gasteiger partial charge on any atom is -0.439 e. The van der Waals surface area contributed by atoms with Crippen molar-refractivity contribution in [2.75, 3.05) is 0 Å². The van der Waals surface area contributed by atoms with Gasteiger partial charge in [-0.15, -0.1) is 0 Å². The summed E-state index contributed by atoms with van der Waals surface area (Å²) in [7, 11) is 0. The van der Waals surface area contributed by atoms with Crippen molar-refractivity contribution in [3.05, 3.63) is 48.1 Å². The average Bonchev–Trinajstić information content (AvgIpc) is 3.17. The maximum absolute atomic E-state index is 11.3. The number of benzene rings is 1. The molecule has 0 aliphatic heterocycles. The molecule has 2 heterocycles. The van der Waals surface area contributed by atoms with E-state index in [9.17, 15) is 4.79 Å². The van der Waals surface area contributed by atoms with Crippen LogP contribution in [0.25, 0.3) is 22.2 Å². The van der Waals surface area contributed by atoms with Gasteiger partial charge in [0, 0.05) is 29.5 Å². The molecule has 2 N–H and O–H groups in total. The zero-order valence-electron chi connectivity index (χ0n) is 16.1. The van der Waals surface area contributed by atoms with Gasteiger partial charge in [-0.2, -0.15) is 0 Å². The number of carbonyl (C=O) groups excluding carboxylic acids is 1. The van der Waals surface area contributed by atoms with Crippen LogP contribution in [0.3, 0.4) is 0 Å². The van der Waals surface area contributed by atoms with Crippen molar-refractivity contribution in [2.24, 2.45) is 5.73 Å². The molecule has 142 valence electrons. The van der Waals surface area contributed by atoms with Gasteiger partial charge in [-0.1, -0.05) is 25.8 Å². The van der Waals surface area contributed by atoms with Gasteiger partial charge in [-0.25, -0.2) is 4.98 Å². The predicted octanol–water partition coefficient (Wildman–Crippen LogP) is 5.13. The van der Waals surface area contributed by atoms with Crippen LogP contribution in [-0.2, 0) is 4.79 Å². The summed E-state index contributed by atoms with van der Waals surface area (Å²) in [5.41, 5.74) is 9.17. The lowest BCUT2D eigenvalue weighted by molar-refractivity contribution is -0.118. The van der Waals surface area contributed by atoms with Gasteiger partial charge in [-0.05, 0) is 44.0 Å². The van der Waals surface area contributed by atoms with Gasteiger partial charge in [0.05, 0.1) is 17.8 Å². The molecular formula is C22H27N3O2. The topological polar surface area (TPSA) is 82.0 Å². The third-order valence-electron chi connectivity index (χ3n) is 4.82. The minimum atomic E-state index is -0.217. The Balaban J connectivity index is 1.59. The van der Waals surface area contributed by atoms with Gasteiger partial charge < -0.3 is 10.2 Å². The fourth-order valence-electron chi connectivity index (χ4n) is 3.14. The van der Waals surface area contributed by atoms with Crippen molar-refractivity contribution in [3.8, 4) is 11.3 Å². The number of nitrogens with zero attached hydrogens (tertiary/aromatic N) is 2. The average molecular weight is 365 g/mol. The first-order valence-electron chi connectivity index (χ1n) is 9.67. The lowest BCUT2D eigenvalue weighted by Crippen LogP contribution is -2.10. The summed E-state index contributed by atoms with van der Waals surface area (Å²) >= 11 is 0. The highest BCUT2D eigenvalue weighted by Gasteiger charge is 2.14. The first kappa shape index (κ1) is 19.2. The number of aromatic nitrogens is 2. The van der Waals surface area contributed by atoms with Crippen LogP contribution in [0.2, 0.25) is 0 Å². The Morgan fingerprint density at radius 2 is 2.04 bits per heavy atom. The van der Waals surface area contributed by atoms with Crippen LogP contribution < -0.4 is 5.73 Å². The van der Waals surface area contributed by atoms with Gasteiger partial charge in [0.1, 0.15) is 5.78 Å². The van der Waals surface area contributed by atoms with Crippen LogP contribution in [0.5, 0.6) is 0 Å². The van der Waals surface area contributed by atoms with E-state index in [0.717, 1.165) is 53.6 Å². The summed E-state index contributed by atoms with van der Waals surface area (Å²) in [5, 5.41) is 1.07. The van der Waals surface area contributed by atoms with Crippen molar-refractivity contribution >= 4 is 16.7 Å². The van der Waals surface area contributed by atoms with Gasteiger partial charge in [0.2, 0.25) is 5.89 Å². The second kappa shape index (κ2) is 8.91. The molecule has 0 unspecified atom stereocenters. The Morgan fingerprint density at radius 3 is 2.85 bits per heavy atom. The second-order valence-electron chi connectivity index (χ2n) is 7.02. The van der Waals surface area contributed by atoms with Gasteiger partial charge in [0.15, 0.2) is 5.76 Å². The molecule has 2 aromatic heterocycles. The Morgan fingerprint density at radius 1 is 1.19 bits per heavy atom. The van der Waals surface area contributed by atoms with Crippen LogP contribution >= 0.6 is 0 Å². The number of hydrogen-bond donors (Lipinski definition) is 1. The molecular weight excluding hydrogens is 338 g/mol. The highest BCUT2D eigenvalue weighted by molar-refractivity contribution is 5.83. The molecule has 0 aliphatic rings. The molecule has 3 rings (SSSR count). The first-order chi connectivity index (χ1) is 13.1. The van der Waals surface area contributed by atoms with Gasteiger partial charge in [-0.3, -0.25) is 9.78 Å². The van der Waals surface area contributed by atoms with E-state index in [2.05, 4.69) is 22.1 Å². The number of rotatable bonds is 9. The molecule has 3 aromatic rings. The molecule has 0 spiro atoms. The van der Waals surface area contributed by atoms with Crippen molar-refractivity contribution < 1.29 is 9.21 Å². The molecule has 0 radical (unpaired) electrons. The number of pyridine rings is 1. The van der Waals surface area contributed by atoms with E-state index in [1.54, 1.807) is 6.20 Å². The monoisotopic (exact) mass is 365 g/mol. The van der Waals surface area contributed by atoms with Crippen molar-refractivity contribution in [2.45, 2.75) is 58.4 Å². The third kappa shape index (κ3) is 5.01. The van der Waals surface area contributed by atoms with Gasteiger partial charge >= 0.3 is 0 Å². The molecule has 5 nitrogen and oxygen atoms in total. The molecule has 0 amide bonds. The smallest absolute Gasteiger partial charge is 0.211 e. The Bertz CT molecular complexity index is 917. The summed E-state index contributed by atoms with van der Waals surface area (Å²) < 4.78 is 5.91. The number of nitrogens with two attached hydrogens (primary N) is 1. The van der Waals surface area contributed by atoms with E-state index in [4.69, 9.17) is 10.2 Å². The second-order valence-corrected chi connectivity index (χ2v) is 7.02. The van der Waals surface area contributed by atoms with Crippen molar-refractivity contribution in [1.82, 2.24) is 9.97 Å². The van der Waals surface area contributed by atoms with E-state index < -0.39 is 0 Å². The minimum absolute atomic E-state index is 0.217. The number of ketones is 1. The Hall–Kier alpha value is -2.53. The molecule has 0 fully saturated rings. The van der Waals surface area contributed by atoms with Crippen molar-refractivity contribution in [1.29, 1.82) is 0 Å². The zero-order valence-corrected chi connectivity index (χ0v) is 16.1. The summed E-state index contributed by atoms with van der Waals surface area (Å²) in [6.07, 6.45) is 6.75. The fourth-order valence-corrected chi connectivity index (χ4v) is 3.14. The summed E-state index contributed by atoms with van der Waals surface area (Å²) in [6.45, 7) is 3.89. The number of fused-ring (bicyclic) bond motifs is 1. The van der Waals surface area contributed by atoms with E-state index in [-0.39, 0.29) is 6.04 Å². The maximum atomic E-state index is 11.3. The molecule has 27 heavy (non-hydrogen) atoms. The normalized spacial score (nSPS) is 12.4. The first-order valence-corrected chi connectivity index (χ1v) is 9.67. The molecule has 0 saturated heterocycles. The van der Waals surface area contributed by atoms with Gasteiger partial charge in [0.25, 0.3) is 0 Å². The summed E-state index contributed by atoms with van der Waals surface area (Å²) in [5.74, 6) is 1.62. The standard InChI is InChI=1S/C22H27N3O2/c1-3-18(26)7-5-4-6-8-19(23)22-24-14-21(27-22)17-11-12-20-16(13-17)10-9-15(2)25-20/h9-14,19H,3-8,23H2,1-2H3/t19-/m0/s1. The molecule has 1 aromatic carbocycles. The fraction of sp³-hybridized carbons (Fsp3) is 0.409. The maximum Gasteiger partial charge on any atom is 0.211 e. The number of oxazole rings is 1. The highest BCUT2D eigenvalue weighted by Crippen LogP contribution is 2.27. The van der Waals surface area contributed by atoms with Crippen LogP contribution in [-0.4, -0.2) is 15.8 Å². The Labute approximate surface area is 160 Å². The number of Topliss-reactive ketones (excluding diaryl/α,β-unsaturated/α-hetero) is 1. The number of hydrogen-bond acceptors (Lipinski definition) is 5. The predicted molar refractivity (Wildman–Crippen MR) is 107 cm³/mol. The highest BCUT2D eigenvalue weighted by atomic mass is 16.4. The quantitative estimate of drug-likeness (QED) is 0.532. The van der Waals surface area contributed by atoms with E-state index in [1.807, 2.05) is 32.0 Å². The molecule has 1 atom stereocenters. The molecule has 0 saturated carbocycles. The zero-order chi connectivity index (χ0) is 19.2. The molecule has 0 bridgehead atoms. The third-order valence-corrected chi connectivity index (χ3v) is 4.82. The number of carbonyl (C=O) groups is 1. The largest absolute Gasteiger partial charge is 0.439 e. The van der Waals surface area contributed by atoms with E-state index >= 15 is 0 Å².